The molecule has 1 amide bonds. The lowest BCUT2D eigenvalue weighted by molar-refractivity contribution is -0.235. The van der Waals surface area contributed by atoms with Crippen LogP contribution in [0.2, 0.25) is 0 Å². The summed E-state index contributed by atoms with van der Waals surface area (Å²) in [5.74, 6) is 0.0888. The van der Waals surface area contributed by atoms with Gasteiger partial charge in [0.05, 0.1) is 48.9 Å². The van der Waals surface area contributed by atoms with Crippen molar-refractivity contribution in [2.45, 2.75) is 51.4 Å². The Balaban J connectivity index is 1.25. The fourth-order valence-electron chi connectivity index (χ4n) is 5.41. The topological polar surface area (TPSA) is 112 Å². The van der Waals surface area contributed by atoms with Crippen molar-refractivity contribution in [3.05, 3.63) is 48.2 Å². The van der Waals surface area contributed by atoms with Gasteiger partial charge in [0.2, 0.25) is 12.2 Å². The number of aromatic amines is 1. The second kappa shape index (κ2) is 11.6. The second-order valence-electron chi connectivity index (χ2n) is 10.9. The van der Waals surface area contributed by atoms with Crippen molar-refractivity contribution in [1.82, 2.24) is 24.8 Å². The minimum absolute atomic E-state index is 0.00661. The monoisotopic (exact) mass is 551 g/mol. The van der Waals surface area contributed by atoms with Crippen LogP contribution in [0, 0.1) is 11.2 Å². The fraction of sp³-hybridized carbons (Fsp3) is 0.517. The van der Waals surface area contributed by atoms with E-state index < -0.39 is 11.7 Å². The van der Waals surface area contributed by atoms with Gasteiger partial charge in [-0.3, -0.25) is 4.79 Å². The van der Waals surface area contributed by atoms with E-state index in [0.29, 0.717) is 60.8 Å². The number of H-pyrrole nitrogens is 1. The number of rotatable bonds is 6. The number of nitrogens with zero attached hydrogens (tertiary/aromatic N) is 4. The number of nitrogens with one attached hydrogen (secondary N) is 1. The Morgan fingerprint density at radius 2 is 1.77 bits per heavy atom. The molecule has 4 heterocycles. The standard InChI is InChI=1S/C29H34FN5O5/c1-29(27(36)35-13-15-37-16-14-35)17-38-26(39-18-29)25-33-23(19-7-9-20(30)10-8-19)24(34-25)22-11-12-31-28(32-22)40-21-5-3-2-4-6-21/h7-12,21,26H,2-6,13-18H2,1H3,(H,33,34). The van der Waals surface area contributed by atoms with E-state index in [-0.39, 0.29) is 31.0 Å². The maximum Gasteiger partial charge on any atom is 0.317 e. The average molecular weight is 552 g/mol. The molecule has 1 saturated carbocycles. The van der Waals surface area contributed by atoms with Gasteiger partial charge in [-0.25, -0.2) is 14.4 Å². The third-order valence-corrected chi connectivity index (χ3v) is 7.70. The first kappa shape index (κ1) is 26.8. The van der Waals surface area contributed by atoms with Crippen molar-refractivity contribution < 1.29 is 28.1 Å². The highest BCUT2D eigenvalue weighted by Gasteiger charge is 2.43. The molecule has 0 unspecified atom stereocenters. The summed E-state index contributed by atoms with van der Waals surface area (Å²) in [5, 5.41) is 0. The zero-order valence-electron chi connectivity index (χ0n) is 22.6. The number of carbonyl (C=O) groups excluding carboxylic acids is 1. The molecule has 2 aromatic heterocycles. The first-order valence-electron chi connectivity index (χ1n) is 13.9. The van der Waals surface area contributed by atoms with Crippen LogP contribution in [0.3, 0.4) is 0 Å². The van der Waals surface area contributed by atoms with Crippen LogP contribution < -0.4 is 4.74 Å². The van der Waals surface area contributed by atoms with Crippen LogP contribution in [-0.4, -0.2) is 76.4 Å². The van der Waals surface area contributed by atoms with Crippen LogP contribution in [0.5, 0.6) is 6.01 Å². The zero-order valence-corrected chi connectivity index (χ0v) is 22.6. The molecule has 1 aromatic carbocycles. The predicted molar refractivity (Wildman–Crippen MR) is 143 cm³/mol. The van der Waals surface area contributed by atoms with Crippen molar-refractivity contribution in [3.8, 4) is 28.7 Å². The molecule has 2 aliphatic heterocycles. The molecule has 10 nitrogen and oxygen atoms in total. The van der Waals surface area contributed by atoms with Gasteiger partial charge in [-0.05, 0) is 62.9 Å². The Morgan fingerprint density at radius 1 is 1.05 bits per heavy atom. The van der Waals surface area contributed by atoms with Crippen molar-refractivity contribution in [2.24, 2.45) is 5.41 Å². The summed E-state index contributed by atoms with van der Waals surface area (Å²) >= 11 is 0. The van der Waals surface area contributed by atoms with Crippen molar-refractivity contribution in [2.75, 3.05) is 39.5 Å². The molecule has 0 atom stereocenters. The highest BCUT2D eigenvalue weighted by Crippen LogP contribution is 2.36. The molecule has 0 spiro atoms. The summed E-state index contributed by atoms with van der Waals surface area (Å²) < 4.78 is 37.3. The molecular weight excluding hydrogens is 517 g/mol. The maximum atomic E-state index is 13.7. The average Bonchev–Trinajstić information content (AvgIpc) is 3.44. The molecule has 0 bridgehead atoms. The van der Waals surface area contributed by atoms with Gasteiger partial charge in [-0.2, -0.15) is 4.98 Å². The molecule has 3 fully saturated rings. The van der Waals surface area contributed by atoms with E-state index in [4.69, 9.17) is 23.9 Å². The summed E-state index contributed by atoms with van der Waals surface area (Å²) in [6.07, 6.45) is 6.45. The smallest absolute Gasteiger partial charge is 0.317 e. The summed E-state index contributed by atoms with van der Waals surface area (Å²) in [5.41, 5.74) is 1.67. The highest BCUT2D eigenvalue weighted by atomic mass is 19.1. The van der Waals surface area contributed by atoms with E-state index in [1.807, 2.05) is 6.92 Å². The first-order chi connectivity index (χ1) is 19.5. The van der Waals surface area contributed by atoms with Gasteiger partial charge < -0.3 is 28.8 Å². The van der Waals surface area contributed by atoms with E-state index in [0.717, 1.165) is 25.7 Å². The van der Waals surface area contributed by atoms with Gasteiger partial charge >= 0.3 is 6.01 Å². The Labute approximate surface area is 232 Å². The molecule has 2 saturated heterocycles. The molecule has 1 aliphatic carbocycles. The number of carbonyl (C=O) groups is 1. The van der Waals surface area contributed by atoms with Crippen LogP contribution in [0.1, 0.15) is 51.1 Å². The fourth-order valence-corrected chi connectivity index (χ4v) is 5.41. The number of ether oxygens (including phenoxy) is 4. The predicted octanol–water partition coefficient (Wildman–Crippen LogP) is 4.29. The molecule has 3 aromatic rings. The molecule has 3 aliphatic rings. The summed E-state index contributed by atoms with van der Waals surface area (Å²) in [6, 6.07) is 8.20. The third-order valence-electron chi connectivity index (χ3n) is 7.70. The van der Waals surface area contributed by atoms with E-state index in [1.54, 1.807) is 29.3 Å². The van der Waals surface area contributed by atoms with Gasteiger partial charge in [0.1, 0.15) is 11.9 Å². The van der Waals surface area contributed by atoms with Crippen LogP contribution in [0.4, 0.5) is 4.39 Å². The Hall–Kier alpha value is -3.41. The lowest BCUT2D eigenvalue weighted by Gasteiger charge is -2.39. The first-order valence-corrected chi connectivity index (χ1v) is 13.9. The molecule has 1 N–H and O–H groups in total. The van der Waals surface area contributed by atoms with E-state index in [2.05, 4.69) is 15.0 Å². The summed E-state index contributed by atoms with van der Waals surface area (Å²) in [7, 11) is 0. The molecule has 11 heteroatoms. The number of imidazole rings is 1. The van der Waals surface area contributed by atoms with Crippen LogP contribution >= 0.6 is 0 Å². The molecule has 0 radical (unpaired) electrons. The van der Waals surface area contributed by atoms with E-state index >= 15 is 0 Å². The summed E-state index contributed by atoms with van der Waals surface area (Å²) in [6.45, 7) is 4.41. The molecule has 40 heavy (non-hydrogen) atoms. The minimum Gasteiger partial charge on any atom is -0.460 e. The van der Waals surface area contributed by atoms with Gasteiger partial charge in [0.25, 0.3) is 0 Å². The number of benzene rings is 1. The maximum absolute atomic E-state index is 13.7. The highest BCUT2D eigenvalue weighted by molar-refractivity contribution is 5.83. The minimum atomic E-state index is -0.807. The van der Waals surface area contributed by atoms with Crippen molar-refractivity contribution in [1.29, 1.82) is 0 Å². The normalized spacial score (nSPS) is 24.1. The number of hydrogen-bond donors (Lipinski definition) is 1. The van der Waals surface area contributed by atoms with E-state index in [9.17, 15) is 9.18 Å². The number of aromatic nitrogens is 4. The van der Waals surface area contributed by atoms with Crippen molar-refractivity contribution >= 4 is 5.91 Å². The van der Waals surface area contributed by atoms with Gasteiger partial charge in [-0.15, -0.1) is 0 Å². The molecule has 212 valence electrons. The van der Waals surface area contributed by atoms with Crippen LogP contribution in [-0.2, 0) is 19.0 Å². The lowest BCUT2D eigenvalue weighted by Crippen LogP contribution is -2.53. The SMILES string of the molecule is CC1(C(=O)N2CCOCC2)COC(c2nc(-c3ccc(F)cc3)c(-c3ccnc(OC4CCCCC4)n3)[nH]2)OC1. The number of morpholine rings is 1. The molecule has 6 rings (SSSR count). The Kier molecular flexibility index (Phi) is 7.77. The Bertz CT molecular complexity index is 1310. The largest absolute Gasteiger partial charge is 0.460 e. The Morgan fingerprint density at radius 3 is 2.50 bits per heavy atom. The zero-order chi connectivity index (χ0) is 27.5. The van der Waals surface area contributed by atoms with Gasteiger partial charge in [0, 0.05) is 24.8 Å². The third kappa shape index (κ3) is 5.72. The van der Waals surface area contributed by atoms with Crippen molar-refractivity contribution in [3.63, 3.8) is 0 Å². The van der Waals surface area contributed by atoms with Crippen LogP contribution in [0.25, 0.3) is 22.6 Å². The number of halogens is 1. The number of amides is 1. The number of hydrogen-bond acceptors (Lipinski definition) is 8. The lowest BCUT2D eigenvalue weighted by atomic mass is 9.90. The summed E-state index contributed by atoms with van der Waals surface area (Å²) in [4.78, 5) is 32.1. The molecular formula is C29H34FN5O5. The van der Waals surface area contributed by atoms with Gasteiger partial charge in [0.15, 0.2) is 5.82 Å². The van der Waals surface area contributed by atoms with Crippen LogP contribution in [0.15, 0.2) is 36.5 Å². The second-order valence-corrected chi connectivity index (χ2v) is 10.9. The van der Waals surface area contributed by atoms with Gasteiger partial charge in [-0.1, -0.05) is 6.42 Å². The quantitative estimate of drug-likeness (QED) is 0.483. The van der Waals surface area contributed by atoms with E-state index in [1.165, 1.54) is 18.6 Å².